The van der Waals surface area contributed by atoms with E-state index in [-0.39, 0.29) is 24.1 Å². The molecule has 0 aromatic carbocycles. The Morgan fingerprint density at radius 1 is 0.855 bits per heavy atom. The number of piperidine rings is 1. The van der Waals surface area contributed by atoms with Crippen molar-refractivity contribution in [2.75, 3.05) is 77.3 Å². The summed E-state index contributed by atoms with van der Waals surface area (Å²) in [6.45, 7) is -1.96. The van der Waals surface area contributed by atoms with Gasteiger partial charge in [-0.05, 0) is 74.8 Å². The Morgan fingerprint density at radius 3 is 1.89 bits per heavy atom. The van der Waals surface area contributed by atoms with Gasteiger partial charge in [0.2, 0.25) is 17.7 Å². The summed E-state index contributed by atoms with van der Waals surface area (Å²) < 4.78 is 5.45. The van der Waals surface area contributed by atoms with Gasteiger partial charge in [0.15, 0.2) is 5.76 Å². The summed E-state index contributed by atoms with van der Waals surface area (Å²) in [7, 11) is 0. The number of amides is 4. The number of aliphatic hydroxyl groups is 6. The summed E-state index contributed by atoms with van der Waals surface area (Å²) in [5, 5.41) is 63.1. The number of carbonyl (C=O) groups is 4. The molecule has 55 heavy (non-hydrogen) atoms. The summed E-state index contributed by atoms with van der Waals surface area (Å²) in [5.41, 5.74) is -2.97. The molecule has 3 heterocycles. The number of anilines is 1. The van der Waals surface area contributed by atoms with Gasteiger partial charge in [0.05, 0.1) is 45.9 Å². The van der Waals surface area contributed by atoms with Crippen LogP contribution >= 0.6 is 0 Å². The van der Waals surface area contributed by atoms with Crippen molar-refractivity contribution in [1.82, 2.24) is 25.4 Å². The van der Waals surface area contributed by atoms with E-state index in [1.807, 2.05) is 19.1 Å². The summed E-state index contributed by atoms with van der Waals surface area (Å²) in [6.07, 6.45) is 9.65. The summed E-state index contributed by atoms with van der Waals surface area (Å²) >= 11 is 0. The average molecular weight is 775 g/mol. The monoisotopic (exact) mass is 774 g/mol. The van der Waals surface area contributed by atoms with Crippen molar-refractivity contribution >= 4 is 29.4 Å². The van der Waals surface area contributed by atoms with Crippen LogP contribution in [0.25, 0.3) is 0 Å². The molecule has 2 fully saturated rings. The molecule has 0 bridgehead atoms. The maximum atomic E-state index is 14.1. The second-order valence-electron chi connectivity index (χ2n) is 15.3. The maximum absolute atomic E-state index is 14.1. The highest BCUT2D eigenvalue weighted by molar-refractivity contribution is 6.04. The number of likely N-dealkylation sites (tertiary alicyclic amines) is 1. The van der Waals surface area contributed by atoms with Gasteiger partial charge in [0.25, 0.3) is 5.91 Å². The Kier molecular flexibility index (Phi) is 16.1. The average Bonchev–Trinajstić information content (AvgIpc) is 3.75. The number of aliphatic hydroxyl groups excluding tert-OH is 6. The van der Waals surface area contributed by atoms with Crippen LogP contribution in [0.3, 0.4) is 0 Å². The third kappa shape index (κ3) is 11.5. The Hall–Kier alpha value is -3.97. The van der Waals surface area contributed by atoms with Crippen LogP contribution in [-0.2, 0) is 14.4 Å². The van der Waals surface area contributed by atoms with Crippen molar-refractivity contribution in [1.29, 1.82) is 0 Å². The zero-order chi connectivity index (χ0) is 40.1. The Bertz CT molecular complexity index is 1470. The zero-order valence-electron chi connectivity index (χ0n) is 31.7. The summed E-state index contributed by atoms with van der Waals surface area (Å²) in [5.74, 6) is -1.62. The van der Waals surface area contributed by atoms with Crippen LogP contribution in [0.4, 0.5) is 5.82 Å². The van der Waals surface area contributed by atoms with Gasteiger partial charge in [-0.1, -0.05) is 25.3 Å². The van der Waals surface area contributed by atoms with E-state index in [0.717, 1.165) is 42.6 Å². The quantitative estimate of drug-likeness (QED) is 0.0832. The molecule has 306 valence electrons. The number of nitrogens with one attached hydrogen (secondary N) is 2. The predicted molar refractivity (Wildman–Crippen MR) is 200 cm³/mol. The lowest BCUT2D eigenvalue weighted by molar-refractivity contribution is -0.143. The van der Waals surface area contributed by atoms with Crippen molar-refractivity contribution in [3.05, 3.63) is 48.0 Å². The fraction of sp³-hybridized carbons (Fsp3) is 0.658. The first-order valence-corrected chi connectivity index (χ1v) is 19.0. The lowest BCUT2D eigenvalue weighted by Gasteiger charge is -2.42. The normalized spacial score (nSPS) is 16.7. The van der Waals surface area contributed by atoms with E-state index in [1.54, 1.807) is 23.2 Å². The number of nitrogens with zero attached hydrogens (tertiary/aromatic N) is 4. The minimum atomic E-state index is -1.76. The van der Waals surface area contributed by atoms with Gasteiger partial charge >= 0.3 is 0 Å². The molecule has 4 rings (SSSR count). The molecule has 0 radical (unpaired) electrons. The smallest absolute Gasteiger partial charge is 0.295 e. The van der Waals surface area contributed by atoms with Crippen LogP contribution in [0, 0.1) is 12.3 Å². The second kappa shape index (κ2) is 20.3. The van der Waals surface area contributed by atoms with E-state index in [4.69, 9.17) is 4.42 Å². The molecule has 4 amide bonds. The van der Waals surface area contributed by atoms with Crippen LogP contribution in [0.15, 0.2) is 41.1 Å². The van der Waals surface area contributed by atoms with Crippen LogP contribution in [0.1, 0.15) is 73.9 Å². The maximum Gasteiger partial charge on any atom is 0.295 e. The second-order valence-corrected chi connectivity index (χ2v) is 15.3. The predicted octanol–water partition coefficient (Wildman–Crippen LogP) is -0.683. The lowest BCUT2D eigenvalue weighted by Crippen LogP contribution is -2.61. The van der Waals surface area contributed by atoms with Crippen molar-refractivity contribution in [2.45, 2.75) is 81.8 Å². The first-order chi connectivity index (χ1) is 26.4. The number of aryl methyl sites for hydroxylation is 1. The van der Waals surface area contributed by atoms with Gasteiger partial charge in [-0.3, -0.25) is 24.1 Å². The highest BCUT2D eigenvalue weighted by Crippen LogP contribution is 2.43. The molecule has 2 aliphatic rings. The molecule has 8 N–H and O–H groups in total. The summed E-state index contributed by atoms with van der Waals surface area (Å²) in [4.78, 5) is 63.6. The van der Waals surface area contributed by atoms with Crippen molar-refractivity contribution in [3.8, 4) is 0 Å². The largest absolute Gasteiger partial charge is 0.459 e. The van der Waals surface area contributed by atoms with Gasteiger partial charge in [-0.2, -0.15) is 0 Å². The van der Waals surface area contributed by atoms with Crippen LogP contribution in [0.5, 0.6) is 0 Å². The van der Waals surface area contributed by atoms with Crippen molar-refractivity contribution < 1.29 is 54.2 Å². The van der Waals surface area contributed by atoms with Gasteiger partial charge in [0, 0.05) is 31.7 Å². The van der Waals surface area contributed by atoms with Crippen LogP contribution in [0.2, 0.25) is 0 Å². The molecular weight excluding hydrogens is 716 g/mol. The molecule has 1 saturated carbocycles. The van der Waals surface area contributed by atoms with Crippen LogP contribution < -0.4 is 15.5 Å². The fourth-order valence-electron chi connectivity index (χ4n) is 7.41. The highest BCUT2D eigenvalue weighted by Gasteiger charge is 2.39. The van der Waals surface area contributed by atoms with E-state index in [2.05, 4.69) is 20.5 Å². The Morgan fingerprint density at radius 2 is 1.42 bits per heavy atom. The molecule has 0 atom stereocenters. The molecule has 1 aliphatic heterocycles. The first-order valence-electron chi connectivity index (χ1n) is 19.0. The minimum absolute atomic E-state index is 0.0326. The lowest BCUT2D eigenvalue weighted by atomic mass is 9.69. The van der Waals surface area contributed by atoms with Crippen molar-refractivity contribution in [2.24, 2.45) is 5.41 Å². The zero-order valence-corrected chi connectivity index (χ0v) is 31.7. The number of carbonyl (C=O) groups excluding carboxylic acids is 4. The molecular formula is C38H58N6O11. The minimum Gasteiger partial charge on any atom is -0.459 e. The van der Waals surface area contributed by atoms with E-state index < -0.39 is 86.9 Å². The highest BCUT2D eigenvalue weighted by atomic mass is 16.3. The number of rotatable bonds is 20. The number of furan rings is 1. The van der Waals surface area contributed by atoms with E-state index in [1.165, 1.54) is 6.26 Å². The number of hydrogen-bond acceptors (Lipinski definition) is 13. The van der Waals surface area contributed by atoms with Crippen molar-refractivity contribution in [3.63, 3.8) is 0 Å². The van der Waals surface area contributed by atoms with Gasteiger partial charge in [-0.15, -0.1) is 0 Å². The van der Waals surface area contributed by atoms with E-state index in [9.17, 15) is 49.8 Å². The van der Waals surface area contributed by atoms with Crippen LogP contribution in [-0.4, -0.2) is 159 Å². The van der Waals surface area contributed by atoms with Gasteiger partial charge in [0.1, 0.15) is 30.0 Å². The fourth-order valence-corrected chi connectivity index (χ4v) is 7.41. The molecule has 17 heteroatoms. The van der Waals surface area contributed by atoms with Gasteiger partial charge < -0.3 is 55.5 Å². The molecule has 0 unspecified atom stereocenters. The third-order valence-electron chi connectivity index (χ3n) is 11.1. The first kappa shape index (κ1) is 43.8. The van der Waals surface area contributed by atoms with E-state index in [0.29, 0.717) is 44.7 Å². The molecule has 1 saturated heterocycles. The third-order valence-corrected chi connectivity index (χ3v) is 11.1. The topological polar surface area (TPSA) is 249 Å². The number of hydrogen-bond donors (Lipinski definition) is 8. The molecule has 17 nitrogen and oxygen atoms in total. The SMILES string of the molecule is Cc1ccc(N(C(=O)c2ccco2)C2CCN(CCC3(CC(=O)N(CC(=O)NC(CO)(CO)CO)CC(=O)NC(CO)(CO)CO)CCCCC3)CC2)nc1. The number of pyridine rings is 1. The molecule has 0 spiro atoms. The Labute approximate surface area is 321 Å². The Balaban J connectivity index is 1.46. The van der Waals surface area contributed by atoms with E-state index >= 15 is 0 Å². The molecule has 2 aromatic rings. The standard InChI is InChI=1S/C38H58N6O11/c1-28-7-8-31(39-19-28)44(35(54)30-6-5-17-55-30)29-9-14-42(15-10-29)16-13-36(11-3-2-4-12-36)18-34(53)43(20-32(51)40-37(22-45,23-46)24-47)21-33(52)41-38(25-48,26-49)27-50/h5-8,17,19,29,45-50H,2-4,9-16,18,20-27H2,1H3,(H,40,51)(H,41,52). The summed E-state index contributed by atoms with van der Waals surface area (Å²) in [6, 6.07) is 6.97. The number of aromatic nitrogens is 1. The van der Waals surface area contributed by atoms with Gasteiger partial charge in [-0.25, -0.2) is 4.98 Å². The molecule has 2 aromatic heterocycles. The molecule has 1 aliphatic carbocycles.